The molecule has 0 aliphatic heterocycles. The summed E-state index contributed by atoms with van der Waals surface area (Å²) in [4.78, 5) is 12.5. The summed E-state index contributed by atoms with van der Waals surface area (Å²) in [7, 11) is 0. The maximum Gasteiger partial charge on any atom is 0.257 e. The van der Waals surface area contributed by atoms with E-state index in [2.05, 4.69) is 10.5 Å². The van der Waals surface area contributed by atoms with Gasteiger partial charge in [-0.1, -0.05) is 41.0 Å². The average molecular weight is 345 g/mol. The number of halogens is 2. The van der Waals surface area contributed by atoms with Crippen LogP contribution in [0.15, 0.2) is 53.1 Å². The lowest BCUT2D eigenvalue weighted by Crippen LogP contribution is -2.23. The number of carbonyl (C=O) groups excluding carboxylic acids is 1. The lowest BCUT2D eigenvalue weighted by atomic mass is 10.1. The number of amides is 1. The van der Waals surface area contributed by atoms with Crippen LogP contribution in [0.4, 0.5) is 4.39 Å². The Hall–Kier alpha value is -2.66. The summed E-state index contributed by atoms with van der Waals surface area (Å²) in [6.45, 7) is 1.98. The highest BCUT2D eigenvalue weighted by Crippen LogP contribution is 2.26. The Morgan fingerprint density at radius 2 is 2.04 bits per heavy atom. The van der Waals surface area contributed by atoms with E-state index in [0.29, 0.717) is 28.4 Å². The van der Waals surface area contributed by atoms with E-state index in [4.69, 9.17) is 16.1 Å². The number of benzene rings is 2. The quantitative estimate of drug-likeness (QED) is 0.764. The van der Waals surface area contributed by atoms with Crippen molar-refractivity contribution in [3.63, 3.8) is 0 Å². The summed E-state index contributed by atoms with van der Waals surface area (Å²) < 4.78 is 18.7. The van der Waals surface area contributed by atoms with Gasteiger partial charge in [0.05, 0.1) is 5.69 Å². The molecule has 0 bridgehead atoms. The summed E-state index contributed by atoms with van der Waals surface area (Å²) >= 11 is 5.93. The maximum absolute atomic E-state index is 13.4. The fraction of sp³-hybridized carbons (Fsp3) is 0.111. The van der Waals surface area contributed by atoms with Gasteiger partial charge in [-0.25, -0.2) is 4.39 Å². The second kappa shape index (κ2) is 6.84. The number of aromatic nitrogens is 1. The third-order valence-electron chi connectivity index (χ3n) is 3.52. The zero-order valence-electron chi connectivity index (χ0n) is 12.8. The molecule has 0 unspecified atom stereocenters. The number of hydrogen-bond acceptors (Lipinski definition) is 3. The van der Waals surface area contributed by atoms with Crippen molar-refractivity contribution in [1.29, 1.82) is 0 Å². The average Bonchev–Trinajstić information content (AvgIpc) is 2.94. The normalized spacial score (nSPS) is 10.6. The molecule has 0 fully saturated rings. The minimum absolute atomic E-state index is 0.246. The number of rotatable bonds is 4. The van der Waals surface area contributed by atoms with Gasteiger partial charge in [0.25, 0.3) is 5.91 Å². The molecule has 3 aromatic rings. The van der Waals surface area contributed by atoms with Gasteiger partial charge in [0, 0.05) is 17.1 Å². The van der Waals surface area contributed by atoms with Crippen LogP contribution in [-0.2, 0) is 6.54 Å². The Balaban J connectivity index is 1.84. The molecule has 1 aromatic heterocycles. The van der Waals surface area contributed by atoms with Gasteiger partial charge in [-0.2, -0.15) is 0 Å². The molecule has 0 radical (unpaired) electrons. The summed E-state index contributed by atoms with van der Waals surface area (Å²) in [5, 5.41) is 7.24. The van der Waals surface area contributed by atoms with Gasteiger partial charge in [-0.3, -0.25) is 4.79 Å². The van der Waals surface area contributed by atoms with Crippen molar-refractivity contribution in [1.82, 2.24) is 10.5 Å². The second-order valence-electron chi connectivity index (χ2n) is 5.30. The van der Waals surface area contributed by atoms with Crippen LogP contribution in [0.3, 0.4) is 0 Å². The molecular formula is C18H14ClFN2O2. The van der Waals surface area contributed by atoms with Crippen LogP contribution in [0.2, 0.25) is 5.02 Å². The topological polar surface area (TPSA) is 55.1 Å². The molecule has 2 aromatic carbocycles. The fourth-order valence-corrected chi connectivity index (χ4v) is 2.59. The molecule has 0 spiro atoms. The Labute approximate surface area is 143 Å². The van der Waals surface area contributed by atoms with E-state index in [1.165, 1.54) is 12.1 Å². The molecule has 0 aliphatic carbocycles. The van der Waals surface area contributed by atoms with Crippen LogP contribution in [-0.4, -0.2) is 11.1 Å². The summed E-state index contributed by atoms with van der Waals surface area (Å²) in [5.41, 5.74) is 2.07. The molecule has 0 atom stereocenters. The highest BCUT2D eigenvalue weighted by Gasteiger charge is 2.21. The van der Waals surface area contributed by atoms with Crippen molar-refractivity contribution in [3.05, 3.63) is 76.2 Å². The molecule has 0 aliphatic rings. The third kappa shape index (κ3) is 3.46. The molecule has 24 heavy (non-hydrogen) atoms. The van der Waals surface area contributed by atoms with E-state index in [9.17, 15) is 9.18 Å². The Bertz CT molecular complexity index is 892. The number of hydrogen-bond donors (Lipinski definition) is 1. The van der Waals surface area contributed by atoms with Crippen LogP contribution < -0.4 is 5.32 Å². The van der Waals surface area contributed by atoms with Crippen LogP contribution in [0.25, 0.3) is 11.3 Å². The highest BCUT2D eigenvalue weighted by molar-refractivity contribution is 6.30. The fourth-order valence-electron chi connectivity index (χ4n) is 2.38. The van der Waals surface area contributed by atoms with Gasteiger partial charge in [0.1, 0.15) is 11.4 Å². The first kappa shape index (κ1) is 16.2. The van der Waals surface area contributed by atoms with E-state index in [1.54, 1.807) is 31.2 Å². The second-order valence-corrected chi connectivity index (χ2v) is 5.73. The van der Waals surface area contributed by atoms with E-state index < -0.39 is 5.82 Å². The van der Waals surface area contributed by atoms with Crippen LogP contribution >= 0.6 is 11.6 Å². The molecule has 1 amide bonds. The summed E-state index contributed by atoms with van der Waals surface area (Å²) in [5.74, 6) is -0.504. The van der Waals surface area contributed by atoms with Gasteiger partial charge in [0.15, 0.2) is 5.76 Å². The Morgan fingerprint density at radius 1 is 1.25 bits per heavy atom. The molecule has 3 rings (SSSR count). The molecular weight excluding hydrogens is 331 g/mol. The van der Waals surface area contributed by atoms with Crippen LogP contribution in [0, 0.1) is 12.7 Å². The summed E-state index contributed by atoms with van der Waals surface area (Å²) in [6, 6.07) is 13.0. The van der Waals surface area contributed by atoms with E-state index in [1.807, 2.05) is 12.1 Å². The largest absolute Gasteiger partial charge is 0.355 e. The van der Waals surface area contributed by atoms with Crippen molar-refractivity contribution in [2.45, 2.75) is 13.5 Å². The van der Waals surface area contributed by atoms with Gasteiger partial charge in [-0.05, 0) is 36.8 Å². The Morgan fingerprint density at radius 3 is 2.79 bits per heavy atom. The first-order valence-corrected chi connectivity index (χ1v) is 7.67. The van der Waals surface area contributed by atoms with Crippen LogP contribution in [0.5, 0.6) is 0 Å². The van der Waals surface area contributed by atoms with Gasteiger partial charge < -0.3 is 9.84 Å². The van der Waals surface area contributed by atoms with Crippen molar-refractivity contribution >= 4 is 17.5 Å². The number of nitrogens with one attached hydrogen (secondary N) is 1. The molecule has 6 heteroatoms. The Kier molecular flexibility index (Phi) is 4.62. The number of carbonyl (C=O) groups is 1. The smallest absolute Gasteiger partial charge is 0.257 e. The van der Waals surface area contributed by atoms with E-state index in [0.717, 1.165) is 5.56 Å². The minimum atomic E-state index is -0.410. The highest BCUT2D eigenvalue weighted by atomic mass is 35.5. The van der Waals surface area contributed by atoms with E-state index in [-0.39, 0.29) is 11.7 Å². The third-order valence-corrected chi connectivity index (χ3v) is 3.75. The number of nitrogens with zero attached hydrogens (tertiary/aromatic N) is 1. The lowest BCUT2D eigenvalue weighted by molar-refractivity contribution is 0.0950. The first-order valence-electron chi connectivity index (χ1n) is 7.29. The molecule has 1 N–H and O–H groups in total. The van der Waals surface area contributed by atoms with Crippen molar-refractivity contribution in [2.75, 3.05) is 0 Å². The predicted molar refractivity (Wildman–Crippen MR) is 89.3 cm³/mol. The SMILES string of the molecule is Cc1noc(-c2cccc(F)c2)c1C(=O)NCc1cccc(Cl)c1. The molecule has 122 valence electrons. The molecule has 0 saturated heterocycles. The zero-order valence-corrected chi connectivity index (χ0v) is 13.6. The van der Waals surface area contributed by atoms with Gasteiger partial charge >= 0.3 is 0 Å². The van der Waals surface area contributed by atoms with E-state index >= 15 is 0 Å². The first-order chi connectivity index (χ1) is 11.5. The van der Waals surface area contributed by atoms with Crippen LogP contribution in [0.1, 0.15) is 21.6 Å². The number of aryl methyl sites for hydroxylation is 1. The van der Waals surface area contributed by atoms with Gasteiger partial charge in [0.2, 0.25) is 0 Å². The zero-order chi connectivity index (χ0) is 17.1. The summed E-state index contributed by atoms with van der Waals surface area (Å²) in [6.07, 6.45) is 0. The van der Waals surface area contributed by atoms with Crippen molar-refractivity contribution in [3.8, 4) is 11.3 Å². The molecule has 4 nitrogen and oxygen atoms in total. The maximum atomic E-state index is 13.4. The van der Waals surface area contributed by atoms with Gasteiger partial charge in [-0.15, -0.1) is 0 Å². The van der Waals surface area contributed by atoms with Crippen molar-refractivity contribution < 1.29 is 13.7 Å². The minimum Gasteiger partial charge on any atom is -0.355 e. The van der Waals surface area contributed by atoms with Crippen molar-refractivity contribution in [2.24, 2.45) is 0 Å². The molecule has 1 heterocycles. The monoisotopic (exact) mass is 344 g/mol. The predicted octanol–water partition coefficient (Wildman–Crippen LogP) is 4.37. The standard InChI is InChI=1S/C18H14ClFN2O2/c1-11-16(17(24-22-11)13-5-3-7-15(20)9-13)18(23)21-10-12-4-2-6-14(19)8-12/h2-9H,10H2,1H3,(H,21,23). The lowest BCUT2D eigenvalue weighted by Gasteiger charge is -2.06. The molecule has 0 saturated carbocycles.